The van der Waals surface area contributed by atoms with Crippen LogP contribution in [0.1, 0.15) is 59.9 Å². The number of amides is 1. The minimum Gasteiger partial charge on any atom is -0.497 e. The van der Waals surface area contributed by atoms with Gasteiger partial charge in [0.25, 0.3) is 5.91 Å². The summed E-state index contributed by atoms with van der Waals surface area (Å²) in [5.41, 5.74) is 2.46. The van der Waals surface area contributed by atoms with Crippen LogP contribution in [0.3, 0.4) is 0 Å². The molecule has 2 saturated heterocycles. The zero-order valence-electron chi connectivity index (χ0n) is 16.7. The van der Waals surface area contributed by atoms with E-state index in [1.165, 1.54) is 6.42 Å². The molecule has 148 valence electrons. The second-order valence-corrected chi connectivity index (χ2v) is 7.68. The highest BCUT2D eigenvalue weighted by Crippen LogP contribution is 2.34. The molecule has 0 unspecified atom stereocenters. The van der Waals surface area contributed by atoms with Crippen molar-refractivity contribution in [3.63, 3.8) is 0 Å². The molecule has 0 aliphatic carbocycles. The number of methoxy groups -OCH3 is 1. The fourth-order valence-corrected chi connectivity index (χ4v) is 4.25. The quantitative estimate of drug-likeness (QED) is 0.808. The van der Waals surface area contributed by atoms with Crippen molar-refractivity contribution in [3.8, 4) is 5.75 Å². The Morgan fingerprint density at radius 3 is 2.68 bits per heavy atom. The van der Waals surface area contributed by atoms with Gasteiger partial charge in [0, 0.05) is 25.3 Å². The van der Waals surface area contributed by atoms with Gasteiger partial charge in [-0.25, -0.2) is 9.97 Å². The maximum Gasteiger partial charge on any atom is 0.273 e. The van der Waals surface area contributed by atoms with E-state index in [4.69, 9.17) is 4.74 Å². The molecule has 1 amide bonds. The number of piperidine rings is 1. The number of aryl methyl sites for hydroxylation is 1. The average Bonchev–Trinajstić information content (AvgIpc) is 3.23. The highest BCUT2D eigenvalue weighted by molar-refractivity contribution is 5.93. The summed E-state index contributed by atoms with van der Waals surface area (Å²) in [6.07, 6.45) is 5.53. The van der Waals surface area contributed by atoms with Crippen LogP contribution in [0.25, 0.3) is 0 Å². The van der Waals surface area contributed by atoms with Gasteiger partial charge < -0.3 is 14.5 Å². The Kier molecular flexibility index (Phi) is 5.46. The standard InChI is InChI=1S/C22H28N4O2/c1-16-14-19(24-22(23-16)25-11-4-3-5-12-25)21(27)26-13-7-10-20(26)17-8-6-9-18(15-17)28-2/h6,8-9,14-15,20H,3-5,7,10-13H2,1-2H3/t20-/m0/s1. The van der Waals surface area contributed by atoms with Crippen molar-refractivity contribution in [1.82, 2.24) is 14.9 Å². The number of carbonyl (C=O) groups excluding carboxylic acids is 1. The number of carbonyl (C=O) groups is 1. The molecule has 2 aliphatic rings. The number of benzene rings is 1. The summed E-state index contributed by atoms with van der Waals surface area (Å²) in [6, 6.07) is 9.90. The molecule has 1 aromatic heterocycles. The van der Waals surface area contributed by atoms with Crippen LogP contribution >= 0.6 is 0 Å². The molecule has 0 spiro atoms. The molecule has 6 nitrogen and oxygen atoms in total. The summed E-state index contributed by atoms with van der Waals surface area (Å²) in [6.45, 7) is 4.62. The lowest BCUT2D eigenvalue weighted by Crippen LogP contribution is -2.34. The van der Waals surface area contributed by atoms with E-state index in [9.17, 15) is 4.79 Å². The SMILES string of the molecule is COc1cccc([C@@H]2CCCN2C(=O)c2cc(C)nc(N3CCCCC3)n2)c1. The minimum atomic E-state index is -0.00548. The summed E-state index contributed by atoms with van der Waals surface area (Å²) < 4.78 is 5.36. The Morgan fingerprint density at radius 2 is 1.89 bits per heavy atom. The second-order valence-electron chi connectivity index (χ2n) is 7.68. The number of anilines is 1. The lowest BCUT2D eigenvalue weighted by Gasteiger charge is -2.28. The van der Waals surface area contributed by atoms with Gasteiger partial charge in [-0.15, -0.1) is 0 Å². The van der Waals surface area contributed by atoms with Crippen molar-refractivity contribution in [1.29, 1.82) is 0 Å². The van der Waals surface area contributed by atoms with Gasteiger partial charge in [0.1, 0.15) is 11.4 Å². The first-order valence-electron chi connectivity index (χ1n) is 10.2. The maximum atomic E-state index is 13.4. The number of rotatable bonds is 4. The number of nitrogens with zero attached hydrogens (tertiary/aromatic N) is 4. The van der Waals surface area contributed by atoms with Gasteiger partial charge in [0.15, 0.2) is 0 Å². The van der Waals surface area contributed by atoms with Crippen LogP contribution in [-0.4, -0.2) is 47.5 Å². The summed E-state index contributed by atoms with van der Waals surface area (Å²) in [4.78, 5) is 26.8. The van der Waals surface area contributed by atoms with Crippen LogP contribution in [0, 0.1) is 6.92 Å². The molecule has 0 radical (unpaired) electrons. The number of aromatic nitrogens is 2. The summed E-state index contributed by atoms with van der Waals surface area (Å²) in [5.74, 6) is 1.51. The van der Waals surface area contributed by atoms with Gasteiger partial charge >= 0.3 is 0 Å². The Morgan fingerprint density at radius 1 is 1.07 bits per heavy atom. The van der Waals surface area contributed by atoms with Crippen LogP contribution in [0.4, 0.5) is 5.95 Å². The molecule has 3 heterocycles. The van der Waals surface area contributed by atoms with Crippen molar-refractivity contribution in [2.24, 2.45) is 0 Å². The Hall–Kier alpha value is -2.63. The van der Waals surface area contributed by atoms with E-state index in [1.54, 1.807) is 7.11 Å². The Bertz CT molecular complexity index is 848. The van der Waals surface area contributed by atoms with Crippen molar-refractivity contribution >= 4 is 11.9 Å². The van der Waals surface area contributed by atoms with Crippen LogP contribution in [-0.2, 0) is 0 Å². The van der Waals surface area contributed by atoms with Crippen LogP contribution < -0.4 is 9.64 Å². The van der Waals surface area contributed by atoms with Crippen molar-refractivity contribution < 1.29 is 9.53 Å². The number of ether oxygens (including phenoxy) is 1. The first kappa shape index (κ1) is 18.7. The molecular formula is C22H28N4O2. The van der Waals surface area contributed by atoms with E-state index < -0.39 is 0 Å². The normalized spacial score (nSPS) is 19.7. The van der Waals surface area contributed by atoms with Gasteiger partial charge in [-0.3, -0.25) is 4.79 Å². The first-order chi connectivity index (χ1) is 13.7. The summed E-state index contributed by atoms with van der Waals surface area (Å²) in [5, 5.41) is 0. The second kappa shape index (κ2) is 8.17. The monoisotopic (exact) mass is 380 g/mol. The molecule has 6 heteroatoms. The van der Waals surface area contributed by atoms with E-state index in [1.807, 2.05) is 36.1 Å². The number of likely N-dealkylation sites (tertiary alicyclic amines) is 1. The van der Waals surface area contributed by atoms with E-state index in [0.29, 0.717) is 11.6 Å². The molecule has 2 aliphatic heterocycles. The van der Waals surface area contributed by atoms with Crippen LogP contribution in [0.5, 0.6) is 5.75 Å². The largest absolute Gasteiger partial charge is 0.497 e. The molecule has 4 rings (SSSR count). The summed E-state index contributed by atoms with van der Waals surface area (Å²) >= 11 is 0. The van der Waals surface area contributed by atoms with Gasteiger partial charge in [-0.2, -0.15) is 0 Å². The topological polar surface area (TPSA) is 58.6 Å². The lowest BCUT2D eigenvalue weighted by atomic mass is 10.0. The van der Waals surface area contributed by atoms with Crippen molar-refractivity contribution in [2.75, 3.05) is 31.6 Å². The van der Waals surface area contributed by atoms with E-state index in [2.05, 4.69) is 20.9 Å². The molecule has 0 saturated carbocycles. The molecule has 28 heavy (non-hydrogen) atoms. The molecule has 0 bridgehead atoms. The third-order valence-electron chi connectivity index (χ3n) is 5.69. The molecule has 1 atom stereocenters. The minimum absolute atomic E-state index is 0.00548. The van der Waals surface area contributed by atoms with E-state index >= 15 is 0 Å². The van der Waals surface area contributed by atoms with Crippen molar-refractivity contribution in [3.05, 3.63) is 47.3 Å². The predicted molar refractivity (Wildman–Crippen MR) is 109 cm³/mol. The van der Waals surface area contributed by atoms with E-state index in [-0.39, 0.29) is 11.9 Å². The first-order valence-corrected chi connectivity index (χ1v) is 10.2. The maximum absolute atomic E-state index is 13.4. The fraction of sp³-hybridized carbons (Fsp3) is 0.500. The zero-order chi connectivity index (χ0) is 19.5. The van der Waals surface area contributed by atoms with Gasteiger partial charge in [-0.1, -0.05) is 12.1 Å². The molecular weight excluding hydrogens is 352 g/mol. The Labute approximate surface area is 166 Å². The van der Waals surface area contributed by atoms with Crippen molar-refractivity contribution in [2.45, 2.75) is 45.1 Å². The van der Waals surface area contributed by atoms with Gasteiger partial charge in [-0.05, 0) is 62.8 Å². The molecule has 1 aromatic carbocycles. The highest BCUT2D eigenvalue weighted by atomic mass is 16.5. The van der Waals surface area contributed by atoms with Gasteiger partial charge in [0.2, 0.25) is 5.95 Å². The van der Waals surface area contributed by atoms with E-state index in [0.717, 1.165) is 62.3 Å². The van der Waals surface area contributed by atoms with Crippen LogP contribution in [0.2, 0.25) is 0 Å². The van der Waals surface area contributed by atoms with Crippen LogP contribution in [0.15, 0.2) is 30.3 Å². The number of hydrogen-bond acceptors (Lipinski definition) is 5. The lowest BCUT2D eigenvalue weighted by molar-refractivity contribution is 0.0729. The molecule has 2 fully saturated rings. The Balaban J connectivity index is 1.60. The average molecular weight is 380 g/mol. The predicted octanol–water partition coefficient (Wildman–Crippen LogP) is 3.76. The number of hydrogen-bond donors (Lipinski definition) is 0. The zero-order valence-corrected chi connectivity index (χ0v) is 16.7. The third kappa shape index (κ3) is 3.81. The molecule has 2 aromatic rings. The summed E-state index contributed by atoms with van der Waals surface area (Å²) in [7, 11) is 1.67. The smallest absolute Gasteiger partial charge is 0.273 e. The molecule has 0 N–H and O–H groups in total. The van der Waals surface area contributed by atoms with Gasteiger partial charge in [0.05, 0.1) is 13.2 Å². The fourth-order valence-electron chi connectivity index (χ4n) is 4.25. The highest BCUT2D eigenvalue weighted by Gasteiger charge is 2.32. The third-order valence-corrected chi connectivity index (χ3v) is 5.69.